The van der Waals surface area contributed by atoms with Gasteiger partial charge in [0.25, 0.3) is 11.8 Å². The third-order valence-corrected chi connectivity index (χ3v) is 8.07. The van der Waals surface area contributed by atoms with Crippen molar-refractivity contribution in [2.24, 2.45) is 0 Å². The number of pyridine rings is 1. The Hall–Kier alpha value is -4.91. The number of imidazole rings is 1. The maximum Gasteiger partial charge on any atom is 0.277 e. The van der Waals surface area contributed by atoms with Crippen molar-refractivity contribution < 1.29 is 37.4 Å². The molecule has 0 unspecified atom stereocenters. The largest absolute Gasteiger partial charge is 0.493 e. The SMILES string of the molecule is COc1ccc2cc1OCC(=O)N[C@@H]1CN(C(=O)c3nc4ccc(Cl)cn4c3F)CC[C@H]1Oc1cc(F)cc(c1)CNC(=O)CC2. The van der Waals surface area contributed by atoms with Gasteiger partial charge >= 0.3 is 0 Å². The maximum atomic E-state index is 15.2. The Labute approximate surface area is 267 Å². The standard InChI is InChI=1S/C32H30ClF2N5O6/c1-44-25-5-2-18-3-7-28(41)36-14-19-10-21(34)13-22(11-19)46-24-8-9-39(16-23(24)37-29(42)17-45-26(25)12-18)32(43)30-31(35)40-15-20(33)4-6-27(40)38-30/h2,4-6,10-13,15,23-24H,3,7-9,14,16-17H2,1H3,(H,36,41)(H,37,42)/t23-,24-/m1/s1. The highest BCUT2D eigenvalue weighted by Gasteiger charge is 2.36. The van der Waals surface area contributed by atoms with Crippen molar-refractivity contribution in [3.8, 4) is 17.2 Å². The summed E-state index contributed by atoms with van der Waals surface area (Å²) < 4.78 is 48.3. The first-order valence-electron chi connectivity index (χ1n) is 14.6. The number of piperidine rings is 1. The lowest BCUT2D eigenvalue weighted by atomic mass is 10.0. The van der Waals surface area contributed by atoms with Crippen LogP contribution in [-0.2, 0) is 22.6 Å². The number of likely N-dealkylation sites (tertiary alicyclic amines) is 1. The van der Waals surface area contributed by atoms with Gasteiger partial charge in [0.1, 0.15) is 23.3 Å². The molecule has 0 radical (unpaired) electrons. The summed E-state index contributed by atoms with van der Waals surface area (Å²) in [5.41, 5.74) is 1.10. The molecule has 2 aliphatic rings. The molecule has 4 heterocycles. The predicted molar refractivity (Wildman–Crippen MR) is 162 cm³/mol. The van der Waals surface area contributed by atoms with E-state index in [0.717, 1.165) is 9.96 Å². The minimum atomic E-state index is -0.862. The number of fused-ring (bicyclic) bond motifs is 6. The first-order valence-corrected chi connectivity index (χ1v) is 15.0. The molecular weight excluding hydrogens is 624 g/mol. The number of amides is 3. The monoisotopic (exact) mass is 653 g/mol. The highest BCUT2D eigenvalue weighted by atomic mass is 35.5. The summed E-state index contributed by atoms with van der Waals surface area (Å²) in [6.45, 7) is -0.237. The molecule has 0 saturated carbocycles. The zero-order valence-corrected chi connectivity index (χ0v) is 25.5. The third-order valence-electron chi connectivity index (χ3n) is 7.85. The van der Waals surface area contributed by atoms with Gasteiger partial charge in [-0.1, -0.05) is 17.7 Å². The van der Waals surface area contributed by atoms with Gasteiger partial charge in [-0.05, 0) is 53.9 Å². The fraction of sp³-hybridized carbons (Fsp3) is 0.312. The van der Waals surface area contributed by atoms with Crippen molar-refractivity contribution in [2.75, 3.05) is 26.8 Å². The Kier molecular flexibility index (Phi) is 8.93. The van der Waals surface area contributed by atoms with E-state index in [0.29, 0.717) is 23.5 Å². The van der Waals surface area contributed by atoms with E-state index in [-0.39, 0.29) is 60.5 Å². The number of ether oxygens (including phenoxy) is 3. The summed E-state index contributed by atoms with van der Waals surface area (Å²) in [4.78, 5) is 44.8. The highest BCUT2D eigenvalue weighted by Crippen LogP contribution is 2.29. The number of aromatic nitrogens is 2. The fourth-order valence-corrected chi connectivity index (χ4v) is 5.72. The van der Waals surface area contributed by atoms with Gasteiger partial charge in [-0.2, -0.15) is 4.39 Å². The van der Waals surface area contributed by atoms with Crippen LogP contribution in [0.2, 0.25) is 5.02 Å². The Morgan fingerprint density at radius 2 is 1.91 bits per heavy atom. The molecule has 3 amide bonds. The number of rotatable bonds is 2. The van der Waals surface area contributed by atoms with E-state index < -0.39 is 42.3 Å². The summed E-state index contributed by atoms with van der Waals surface area (Å²) >= 11 is 6.00. The average molecular weight is 654 g/mol. The third kappa shape index (κ3) is 6.84. The molecule has 2 atom stereocenters. The van der Waals surface area contributed by atoms with Crippen LogP contribution < -0.4 is 24.8 Å². The summed E-state index contributed by atoms with van der Waals surface area (Å²) in [5.74, 6) is -1.94. The number of carbonyl (C=O) groups excluding carboxylic acids is 3. The van der Waals surface area contributed by atoms with Gasteiger partial charge in [0.2, 0.25) is 11.9 Å². The molecule has 1 saturated heterocycles. The molecule has 0 aliphatic carbocycles. The van der Waals surface area contributed by atoms with Gasteiger partial charge in [0.15, 0.2) is 23.8 Å². The second-order valence-corrected chi connectivity index (χ2v) is 11.5. The van der Waals surface area contributed by atoms with E-state index in [1.807, 2.05) is 0 Å². The van der Waals surface area contributed by atoms with Gasteiger partial charge in [-0.3, -0.25) is 18.8 Å². The molecule has 6 rings (SSSR count). The number of hydrogen-bond acceptors (Lipinski definition) is 7. The lowest BCUT2D eigenvalue weighted by Gasteiger charge is -2.38. The predicted octanol–water partition coefficient (Wildman–Crippen LogP) is 3.69. The number of halogens is 3. The zero-order valence-electron chi connectivity index (χ0n) is 24.7. The molecule has 240 valence electrons. The number of nitrogens with zero attached hydrogens (tertiary/aromatic N) is 3. The molecule has 46 heavy (non-hydrogen) atoms. The normalized spacial score (nSPS) is 19.1. The molecule has 0 spiro atoms. The highest BCUT2D eigenvalue weighted by molar-refractivity contribution is 6.30. The van der Waals surface area contributed by atoms with E-state index >= 15 is 4.39 Å². The van der Waals surface area contributed by atoms with Crippen molar-refractivity contribution in [1.82, 2.24) is 24.9 Å². The molecule has 2 N–H and O–H groups in total. The number of methoxy groups -OCH3 is 1. The average Bonchev–Trinajstić information content (AvgIpc) is 3.36. The Morgan fingerprint density at radius 3 is 2.74 bits per heavy atom. The van der Waals surface area contributed by atoms with E-state index in [2.05, 4.69) is 15.6 Å². The molecule has 4 aromatic rings. The van der Waals surface area contributed by atoms with Crippen LogP contribution in [0.4, 0.5) is 8.78 Å². The molecular formula is C32H30ClF2N5O6. The summed E-state index contributed by atoms with van der Waals surface area (Å²) in [7, 11) is 1.47. The van der Waals surface area contributed by atoms with Crippen LogP contribution >= 0.6 is 11.6 Å². The van der Waals surface area contributed by atoms with Crippen LogP contribution in [0.25, 0.3) is 5.65 Å². The van der Waals surface area contributed by atoms with Crippen molar-refractivity contribution >= 4 is 35.0 Å². The molecule has 4 bridgehead atoms. The lowest BCUT2D eigenvalue weighted by molar-refractivity contribution is -0.125. The smallest absolute Gasteiger partial charge is 0.277 e. The van der Waals surface area contributed by atoms with Crippen LogP contribution in [-0.4, -0.2) is 71.0 Å². The number of hydrogen-bond donors (Lipinski definition) is 2. The molecule has 2 aromatic heterocycles. The van der Waals surface area contributed by atoms with Crippen molar-refractivity contribution in [3.63, 3.8) is 0 Å². The minimum Gasteiger partial charge on any atom is -0.493 e. The summed E-state index contributed by atoms with van der Waals surface area (Å²) in [6.07, 6.45) is 1.42. The Balaban J connectivity index is 1.28. The maximum absolute atomic E-state index is 15.2. The molecule has 2 aliphatic heterocycles. The van der Waals surface area contributed by atoms with Gasteiger partial charge in [-0.15, -0.1) is 0 Å². The number of nitrogens with one attached hydrogen (secondary N) is 2. The Bertz CT molecular complexity index is 1820. The van der Waals surface area contributed by atoms with Gasteiger partial charge in [0.05, 0.1) is 18.2 Å². The van der Waals surface area contributed by atoms with Crippen LogP contribution in [0.15, 0.2) is 54.7 Å². The zero-order chi connectivity index (χ0) is 32.4. The topological polar surface area (TPSA) is 124 Å². The van der Waals surface area contributed by atoms with Crippen LogP contribution in [0, 0.1) is 11.8 Å². The van der Waals surface area contributed by atoms with Crippen molar-refractivity contribution in [3.05, 3.63) is 88.3 Å². The van der Waals surface area contributed by atoms with E-state index in [4.69, 9.17) is 25.8 Å². The van der Waals surface area contributed by atoms with E-state index in [1.54, 1.807) is 24.3 Å². The first-order chi connectivity index (χ1) is 22.2. The second kappa shape index (κ2) is 13.2. The second-order valence-electron chi connectivity index (χ2n) is 11.0. The van der Waals surface area contributed by atoms with Gasteiger partial charge < -0.3 is 29.7 Å². The van der Waals surface area contributed by atoms with Crippen LogP contribution in [0.1, 0.15) is 34.5 Å². The van der Waals surface area contributed by atoms with E-state index in [1.165, 1.54) is 42.5 Å². The first kappa shape index (κ1) is 31.1. The summed E-state index contributed by atoms with van der Waals surface area (Å²) in [5, 5.41) is 5.95. The van der Waals surface area contributed by atoms with E-state index in [9.17, 15) is 18.8 Å². The molecule has 11 nitrogen and oxygen atoms in total. The van der Waals surface area contributed by atoms with Gasteiger partial charge in [-0.25, -0.2) is 9.37 Å². The van der Waals surface area contributed by atoms with Crippen molar-refractivity contribution in [1.29, 1.82) is 0 Å². The fourth-order valence-electron chi connectivity index (χ4n) is 5.56. The Morgan fingerprint density at radius 1 is 1.07 bits per heavy atom. The summed E-state index contributed by atoms with van der Waals surface area (Å²) in [6, 6.07) is 11.6. The van der Waals surface area contributed by atoms with Crippen LogP contribution in [0.5, 0.6) is 17.2 Å². The number of aryl methyl sites for hydroxylation is 1. The molecule has 1 fully saturated rings. The number of benzene rings is 2. The molecule has 2 aromatic carbocycles. The number of carbonyl (C=O) groups is 3. The van der Waals surface area contributed by atoms with Crippen molar-refractivity contribution in [2.45, 2.75) is 38.0 Å². The lowest BCUT2D eigenvalue weighted by Crippen LogP contribution is -2.58. The molecule has 14 heteroatoms. The minimum absolute atomic E-state index is 0.0552. The quantitative estimate of drug-likeness (QED) is 0.338. The van der Waals surface area contributed by atoms with Gasteiger partial charge in [0, 0.05) is 44.7 Å². The van der Waals surface area contributed by atoms with Crippen LogP contribution in [0.3, 0.4) is 0 Å².